The first-order chi connectivity index (χ1) is 13.1. The zero-order valence-corrected chi connectivity index (χ0v) is 15.8. The van der Waals surface area contributed by atoms with Gasteiger partial charge < -0.3 is 19.9 Å². The molecule has 2 aromatic rings. The average molecular weight is 367 g/mol. The molecule has 1 amide bonds. The standard InChI is InChI=1S/C20H25N5O2/c1-14-13-18(19(26)22-15-3-4-15)23-20(21-14)25-11-9-24(10-12-25)16-5-7-17(27-2)8-6-16/h5-8,13,15H,3-4,9-12H2,1-2H3,(H,22,26). The van der Waals surface area contributed by atoms with Crippen molar-refractivity contribution in [2.45, 2.75) is 25.8 Å². The number of piperazine rings is 1. The lowest BCUT2D eigenvalue weighted by Gasteiger charge is -2.36. The van der Waals surface area contributed by atoms with Gasteiger partial charge in [0.2, 0.25) is 5.95 Å². The maximum absolute atomic E-state index is 12.3. The van der Waals surface area contributed by atoms with Gasteiger partial charge in [-0.25, -0.2) is 9.97 Å². The molecule has 142 valence electrons. The Morgan fingerprint density at radius 3 is 2.37 bits per heavy atom. The van der Waals surface area contributed by atoms with E-state index >= 15 is 0 Å². The lowest BCUT2D eigenvalue weighted by Crippen LogP contribution is -2.47. The summed E-state index contributed by atoms with van der Waals surface area (Å²) in [6, 6.07) is 10.2. The minimum absolute atomic E-state index is 0.0962. The summed E-state index contributed by atoms with van der Waals surface area (Å²) in [5.41, 5.74) is 2.46. The molecule has 2 heterocycles. The van der Waals surface area contributed by atoms with Crippen molar-refractivity contribution in [2.75, 3.05) is 43.1 Å². The molecule has 7 heteroatoms. The highest BCUT2D eigenvalue weighted by Crippen LogP contribution is 2.22. The Morgan fingerprint density at radius 2 is 1.74 bits per heavy atom. The number of aryl methyl sites for hydroxylation is 1. The van der Waals surface area contributed by atoms with Gasteiger partial charge in [-0.2, -0.15) is 0 Å². The molecule has 1 aromatic carbocycles. The highest BCUT2D eigenvalue weighted by Gasteiger charge is 2.26. The van der Waals surface area contributed by atoms with Gasteiger partial charge >= 0.3 is 0 Å². The SMILES string of the molecule is COc1ccc(N2CCN(c3nc(C)cc(C(=O)NC4CC4)n3)CC2)cc1. The maximum atomic E-state index is 12.3. The number of amides is 1. The number of carbonyl (C=O) groups excluding carboxylic acids is 1. The first kappa shape index (κ1) is 17.6. The van der Waals surface area contributed by atoms with Crippen LogP contribution in [0.3, 0.4) is 0 Å². The van der Waals surface area contributed by atoms with Crippen molar-refractivity contribution >= 4 is 17.5 Å². The molecule has 0 spiro atoms. The van der Waals surface area contributed by atoms with E-state index < -0.39 is 0 Å². The largest absolute Gasteiger partial charge is 0.497 e. The van der Waals surface area contributed by atoms with Crippen LogP contribution in [0.25, 0.3) is 0 Å². The van der Waals surface area contributed by atoms with E-state index in [1.54, 1.807) is 13.2 Å². The van der Waals surface area contributed by atoms with E-state index in [0.29, 0.717) is 17.7 Å². The van der Waals surface area contributed by atoms with Crippen molar-refractivity contribution in [1.29, 1.82) is 0 Å². The zero-order chi connectivity index (χ0) is 18.8. The molecule has 0 atom stereocenters. The van der Waals surface area contributed by atoms with E-state index in [-0.39, 0.29) is 5.91 Å². The third kappa shape index (κ3) is 4.13. The third-order valence-corrected chi connectivity index (χ3v) is 4.99. The number of nitrogens with one attached hydrogen (secondary N) is 1. The Labute approximate surface area is 159 Å². The van der Waals surface area contributed by atoms with Crippen molar-refractivity contribution < 1.29 is 9.53 Å². The summed E-state index contributed by atoms with van der Waals surface area (Å²) in [5.74, 6) is 1.41. The first-order valence-electron chi connectivity index (χ1n) is 9.43. The first-order valence-corrected chi connectivity index (χ1v) is 9.43. The van der Waals surface area contributed by atoms with E-state index in [1.807, 2.05) is 19.1 Å². The summed E-state index contributed by atoms with van der Waals surface area (Å²) in [5, 5.41) is 3.00. The molecular formula is C20H25N5O2. The van der Waals surface area contributed by atoms with Crippen LogP contribution in [0.15, 0.2) is 30.3 Å². The number of rotatable bonds is 5. The van der Waals surface area contributed by atoms with Gasteiger partial charge in [0.1, 0.15) is 11.4 Å². The van der Waals surface area contributed by atoms with Crippen LogP contribution < -0.4 is 19.9 Å². The van der Waals surface area contributed by atoms with Gasteiger partial charge in [-0.05, 0) is 50.1 Å². The Hall–Kier alpha value is -2.83. The second kappa shape index (κ2) is 7.42. The molecule has 0 unspecified atom stereocenters. The number of carbonyl (C=O) groups is 1. The predicted octanol–water partition coefficient (Wildman–Crippen LogP) is 2.01. The highest BCUT2D eigenvalue weighted by atomic mass is 16.5. The van der Waals surface area contributed by atoms with E-state index in [2.05, 4.69) is 37.2 Å². The predicted molar refractivity (Wildman–Crippen MR) is 105 cm³/mol. The van der Waals surface area contributed by atoms with Crippen LogP contribution in [0.4, 0.5) is 11.6 Å². The number of ether oxygens (including phenoxy) is 1. The minimum atomic E-state index is -0.0962. The molecule has 1 aliphatic carbocycles. The van der Waals surface area contributed by atoms with Crippen molar-refractivity contribution in [3.8, 4) is 5.75 Å². The topological polar surface area (TPSA) is 70.6 Å². The fourth-order valence-corrected chi connectivity index (χ4v) is 3.26. The summed E-state index contributed by atoms with van der Waals surface area (Å²) in [7, 11) is 1.68. The number of aromatic nitrogens is 2. The molecule has 1 saturated heterocycles. The summed E-state index contributed by atoms with van der Waals surface area (Å²) < 4.78 is 5.22. The number of anilines is 2. The molecule has 7 nitrogen and oxygen atoms in total. The van der Waals surface area contributed by atoms with Gasteiger partial charge in [-0.3, -0.25) is 4.79 Å². The lowest BCUT2D eigenvalue weighted by atomic mass is 10.2. The van der Waals surface area contributed by atoms with Crippen molar-refractivity contribution in [3.63, 3.8) is 0 Å². The average Bonchev–Trinajstić information content (AvgIpc) is 3.52. The Morgan fingerprint density at radius 1 is 1.07 bits per heavy atom. The summed E-state index contributed by atoms with van der Waals surface area (Å²) >= 11 is 0. The molecule has 2 aliphatic rings. The quantitative estimate of drug-likeness (QED) is 0.872. The van der Waals surface area contributed by atoms with Gasteiger partial charge in [0.05, 0.1) is 7.11 Å². The van der Waals surface area contributed by atoms with Crippen LogP contribution in [0, 0.1) is 6.92 Å². The van der Waals surface area contributed by atoms with Crippen LogP contribution in [0.1, 0.15) is 29.0 Å². The highest BCUT2D eigenvalue weighted by molar-refractivity contribution is 5.93. The summed E-state index contributed by atoms with van der Waals surface area (Å²) in [6.45, 7) is 5.31. The van der Waals surface area contributed by atoms with Crippen LogP contribution >= 0.6 is 0 Å². The van der Waals surface area contributed by atoms with E-state index in [1.165, 1.54) is 5.69 Å². The third-order valence-electron chi connectivity index (χ3n) is 4.99. The molecule has 0 bridgehead atoms. The number of nitrogens with zero attached hydrogens (tertiary/aromatic N) is 4. The van der Waals surface area contributed by atoms with E-state index in [4.69, 9.17) is 4.74 Å². The second-order valence-corrected chi connectivity index (χ2v) is 7.11. The molecule has 27 heavy (non-hydrogen) atoms. The fraction of sp³-hybridized carbons (Fsp3) is 0.450. The van der Waals surface area contributed by atoms with Crippen molar-refractivity contribution in [2.24, 2.45) is 0 Å². The van der Waals surface area contributed by atoms with Crippen LogP contribution in [0.2, 0.25) is 0 Å². The minimum Gasteiger partial charge on any atom is -0.497 e. The van der Waals surface area contributed by atoms with Crippen LogP contribution in [-0.4, -0.2) is 55.2 Å². The summed E-state index contributed by atoms with van der Waals surface area (Å²) in [6.07, 6.45) is 2.13. The number of hydrogen-bond acceptors (Lipinski definition) is 6. The van der Waals surface area contributed by atoms with Gasteiger partial charge in [-0.15, -0.1) is 0 Å². The lowest BCUT2D eigenvalue weighted by molar-refractivity contribution is 0.0946. The monoisotopic (exact) mass is 367 g/mol. The molecular weight excluding hydrogens is 342 g/mol. The van der Waals surface area contributed by atoms with E-state index in [9.17, 15) is 4.79 Å². The summed E-state index contributed by atoms with van der Waals surface area (Å²) in [4.78, 5) is 25.9. The van der Waals surface area contributed by atoms with Crippen molar-refractivity contribution in [3.05, 3.63) is 41.7 Å². The molecule has 1 aromatic heterocycles. The van der Waals surface area contributed by atoms with Crippen molar-refractivity contribution in [1.82, 2.24) is 15.3 Å². The van der Waals surface area contributed by atoms with Gasteiger partial charge in [-0.1, -0.05) is 0 Å². The Kier molecular flexibility index (Phi) is 4.83. The Balaban J connectivity index is 1.42. The van der Waals surface area contributed by atoms with Gasteiger partial charge in [0.25, 0.3) is 5.91 Å². The van der Waals surface area contributed by atoms with Gasteiger partial charge in [0, 0.05) is 43.6 Å². The van der Waals surface area contributed by atoms with Crippen LogP contribution in [-0.2, 0) is 0 Å². The Bertz CT molecular complexity index is 812. The molecule has 2 fully saturated rings. The molecule has 1 aliphatic heterocycles. The number of methoxy groups -OCH3 is 1. The van der Waals surface area contributed by atoms with Crippen LogP contribution in [0.5, 0.6) is 5.75 Å². The number of benzene rings is 1. The van der Waals surface area contributed by atoms with Gasteiger partial charge in [0.15, 0.2) is 0 Å². The normalized spacial score (nSPS) is 17.0. The molecule has 1 N–H and O–H groups in total. The molecule has 0 radical (unpaired) electrons. The second-order valence-electron chi connectivity index (χ2n) is 7.11. The van der Waals surface area contributed by atoms with E-state index in [0.717, 1.165) is 50.5 Å². The fourth-order valence-electron chi connectivity index (χ4n) is 3.26. The smallest absolute Gasteiger partial charge is 0.270 e. The zero-order valence-electron chi connectivity index (χ0n) is 15.8. The number of hydrogen-bond donors (Lipinski definition) is 1. The maximum Gasteiger partial charge on any atom is 0.270 e. The molecule has 1 saturated carbocycles. The molecule has 4 rings (SSSR count).